The van der Waals surface area contributed by atoms with Gasteiger partial charge in [0, 0.05) is 25.6 Å². The van der Waals surface area contributed by atoms with E-state index in [0.29, 0.717) is 6.54 Å². The summed E-state index contributed by atoms with van der Waals surface area (Å²) >= 11 is 0. The van der Waals surface area contributed by atoms with E-state index in [1.165, 1.54) is 25.7 Å². The van der Waals surface area contributed by atoms with Gasteiger partial charge in [-0.1, -0.05) is 25.7 Å². The Balaban J connectivity index is 1.78. The van der Waals surface area contributed by atoms with Gasteiger partial charge in [-0.2, -0.15) is 0 Å². The molecule has 0 aromatic carbocycles. The summed E-state index contributed by atoms with van der Waals surface area (Å²) in [6, 6.07) is 0. The van der Waals surface area contributed by atoms with Crippen molar-refractivity contribution < 1.29 is 14.6 Å². The first-order valence-electron chi connectivity index (χ1n) is 7.76. The Labute approximate surface area is 116 Å². The summed E-state index contributed by atoms with van der Waals surface area (Å²) in [6.07, 6.45) is 8.08. The highest BCUT2D eigenvalue weighted by molar-refractivity contribution is 5.80. The van der Waals surface area contributed by atoms with Crippen molar-refractivity contribution in [1.29, 1.82) is 0 Å². The topological polar surface area (TPSA) is 49.8 Å². The lowest BCUT2D eigenvalue weighted by molar-refractivity contribution is -0.145. The molecule has 2 rings (SSSR count). The third-order valence-electron chi connectivity index (χ3n) is 4.40. The first-order valence-corrected chi connectivity index (χ1v) is 7.76. The lowest BCUT2D eigenvalue weighted by atomic mass is 10.1. The van der Waals surface area contributed by atoms with Crippen LogP contribution in [0, 0.1) is 5.92 Å². The van der Waals surface area contributed by atoms with Gasteiger partial charge in [0.2, 0.25) is 0 Å². The molecule has 2 aliphatic rings. The van der Waals surface area contributed by atoms with Crippen LogP contribution in [0.3, 0.4) is 0 Å². The second-order valence-electron chi connectivity index (χ2n) is 6.01. The zero-order chi connectivity index (χ0) is 13.7. The molecule has 1 heterocycles. The lowest BCUT2D eigenvalue weighted by Crippen LogP contribution is -2.39. The van der Waals surface area contributed by atoms with Crippen molar-refractivity contribution in [2.24, 2.45) is 5.92 Å². The number of aliphatic hydroxyl groups is 1. The van der Waals surface area contributed by atoms with Crippen molar-refractivity contribution in [3.8, 4) is 0 Å². The standard InChI is InChI=1S/C15H27NO3/c1-12(19-14-6-4-2-3-5-7-14)15(18)16-9-8-13(10-16)11-17/h12-14,17H,2-11H2,1H3. The molecular formula is C15H27NO3. The Hall–Kier alpha value is -0.610. The maximum absolute atomic E-state index is 12.3. The molecule has 1 aliphatic carbocycles. The maximum Gasteiger partial charge on any atom is 0.251 e. The van der Waals surface area contributed by atoms with E-state index in [-0.39, 0.29) is 30.6 Å². The van der Waals surface area contributed by atoms with Crippen molar-refractivity contribution in [3.63, 3.8) is 0 Å². The molecule has 0 spiro atoms. The van der Waals surface area contributed by atoms with Crippen LogP contribution in [0.2, 0.25) is 0 Å². The second-order valence-corrected chi connectivity index (χ2v) is 6.01. The van der Waals surface area contributed by atoms with E-state index in [2.05, 4.69) is 0 Å². The van der Waals surface area contributed by atoms with E-state index < -0.39 is 0 Å². The summed E-state index contributed by atoms with van der Waals surface area (Å²) < 4.78 is 5.96. The predicted molar refractivity (Wildman–Crippen MR) is 73.8 cm³/mol. The van der Waals surface area contributed by atoms with Gasteiger partial charge < -0.3 is 14.7 Å². The van der Waals surface area contributed by atoms with Crippen LogP contribution in [0.5, 0.6) is 0 Å². The number of hydrogen-bond acceptors (Lipinski definition) is 3. The maximum atomic E-state index is 12.3. The van der Waals surface area contributed by atoms with Crippen LogP contribution in [-0.2, 0) is 9.53 Å². The number of carbonyl (C=O) groups is 1. The van der Waals surface area contributed by atoms with Crippen molar-refractivity contribution >= 4 is 5.91 Å². The minimum absolute atomic E-state index is 0.0974. The largest absolute Gasteiger partial charge is 0.396 e. The van der Waals surface area contributed by atoms with Gasteiger partial charge in [0.05, 0.1) is 6.10 Å². The molecule has 2 atom stereocenters. The Kier molecular flexibility index (Phi) is 5.64. The third kappa shape index (κ3) is 4.18. The van der Waals surface area contributed by atoms with Crippen LogP contribution in [0.15, 0.2) is 0 Å². The molecule has 4 nitrogen and oxygen atoms in total. The predicted octanol–water partition coefficient (Wildman–Crippen LogP) is 1.96. The zero-order valence-electron chi connectivity index (χ0n) is 12.0. The number of hydrogen-bond donors (Lipinski definition) is 1. The molecule has 0 aromatic heterocycles. The highest BCUT2D eigenvalue weighted by Gasteiger charge is 2.30. The van der Waals surface area contributed by atoms with Crippen molar-refractivity contribution in [2.75, 3.05) is 19.7 Å². The second kappa shape index (κ2) is 7.25. The minimum Gasteiger partial charge on any atom is -0.396 e. The van der Waals surface area contributed by atoms with Gasteiger partial charge in [0.1, 0.15) is 6.10 Å². The van der Waals surface area contributed by atoms with Gasteiger partial charge in [0.15, 0.2) is 0 Å². The number of nitrogens with zero attached hydrogens (tertiary/aromatic N) is 1. The number of ether oxygens (including phenoxy) is 1. The number of rotatable bonds is 4. The summed E-state index contributed by atoms with van der Waals surface area (Å²) in [4.78, 5) is 14.1. The van der Waals surface area contributed by atoms with E-state index in [0.717, 1.165) is 25.8 Å². The van der Waals surface area contributed by atoms with Crippen LogP contribution in [0.1, 0.15) is 51.9 Å². The molecule has 4 heteroatoms. The molecule has 1 aliphatic heterocycles. The number of aliphatic hydroxyl groups excluding tert-OH is 1. The van der Waals surface area contributed by atoms with E-state index in [1.54, 1.807) is 0 Å². The van der Waals surface area contributed by atoms with Gasteiger partial charge in [-0.05, 0) is 26.2 Å². The highest BCUT2D eigenvalue weighted by atomic mass is 16.5. The molecule has 19 heavy (non-hydrogen) atoms. The molecule has 0 aromatic rings. The molecule has 2 fully saturated rings. The average molecular weight is 269 g/mol. The van der Waals surface area contributed by atoms with Gasteiger partial charge >= 0.3 is 0 Å². The fourth-order valence-corrected chi connectivity index (χ4v) is 3.16. The van der Waals surface area contributed by atoms with Crippen molar-refractivity contribution in [3.05, 3.63) is 0 Å². The van der Waals surface area contributed by atoms with Crippen molar-refractivity contribution in [1.82, 2.24) is 4.90 Å². The first-order chi connectivity index (χ1) is 9.20. The normalized spacial score (nSPS) is 27.3. The number of likely N-dealkylation sites (tertiary alicyclic amines) is 1. The molecule has 1 saturated carbocycles. The molecule has 0 bridgehead atoms. The highest BCUT2D eigenvalue weighted by Crippen LogP contribution is 2.22. The first kappa shape index (κ1) is 14.8. The van der Waals surface area contributed by atoms with Crippen LogP contribution >= 0.6 is 0 Å². The quantitative estimate of drug-likeness (QED) is 0.794. The van der Waals surface area contributed by atoms with Crippen LogP contribution in [0.25, 0.3) is 0 Å². The van der Waals surface area contributed by atoms with Gasteiger partial charge in [-0.3, -0.25) is 4.79 Å². The summed E-state index contributed by atoms with van der Waals surface area (Å²) in [5, 5.41) is 9.13. The van der Waals surface area contributed by atoms with E-state index in [1.807, 2.05) is 11.8 Å². The van der Waals surface area contributed by atoms with E-state index in [4.69, 9.17) is 9.84 Å². The number of carbonyl (C=O) groups excluding carboxylic acids is 1. The van der Waals surface area contributed by atoms with Crippen LogP contribution < -0.4 is 0 Å². The molecule has 110 valence electrons. The minimum atomic E-state index is -0.333. The average Bonchev–Trinajstić information content (AvgIpc) is 2.76. The summed E-state index contributed by atoms with van der Waals surface area (Å²) in [5.41, 5.74) is 0. The molecule has 1 saturated heterocycles. The Morgan fingerprint density at radius 1 is 1.26 bits per heavy atom. The molecule has 0 radical (unpaired) electrons. The SMILES string of the molecule is CC(OC1CCCCCC1)C(=O)N1CCC(CO)C1. The number of amides is 1. The Morgan fingerprint density at radius 2 is 1.95 bits per heavy atom. The van der Waals surface area contributed by atoms with Gasteiger partial charge in [-0.25, -0.2) is 0 Å². The van der Waals surface area contributed by atoms with E-state index in [9.17, 15) is 4.79 Å². The fraction of sp³-hybridized carbons (Fsp3) is 0.933. The zero-order valence-corrected chi connectivity index (χ0v) is 12.0. The lowest BCUT2D eigenvalue weighted by Gasteiger charge is -2.25. The molecular weight excluding hydrogens is 242 g/mol. The molecule has 1 amide bonds. The summed E-state index contributed by atoms with van der Waals surface area (Å²) in [5.74, 6) is 0.356. The summed E-state index contributed by atoms with van der Waals surface area (Å²) in [6.45, 7) is 3.51. The van der Waals surface area contributed by atoms with E-state index >= 15 is 0 Å². The monoisotopic (exact) mass is 269 g/mol. The Morgan fingerprint density at radius 3 is 2.53 bits per heavy atom. The summed E-state index contributed by atoms with van der Waals surface area (Å²) in [7, 11) is 0. The van der Waals surface area contributed by atoms with Crippen molar-refractivity contribution in [2.45, 2.75) is 64.1 Å². The fourth-order valence-electron chi connectivity index (χ4n) is 3.16. The van der Waals surface area contributed by atoms with Gasteiger partial charge in [-0.15, -0.1) is 0 Å². The molecule has 2 unspecified atom stereocenters. The van der Waals surface area contributed by atoms with Crippen LogP contribution in [0.4, 0.5) is 0 Å². The Bertz CT molecular complexity index is 287. The molecule has 1 N–H and O–H groups in total. The van der Waals surface area contributed by atoms with Crippen LogP contribution in [-0.4, -0.2) is 47.8 Å². The van der Waals surface area contributed by atoms with Gasteiger partial charge in [0.25, 0.3) is 5.91 Å². The third-order valence-corrected chi connectivity index (χ3v) is 4.40. The smallest absolute Gasteiger partial charge is 0.251 e.